The Morgan fingerprint density at radius 1 is 1.25 bits per heavy atom. The number of rotatable bonds is 4. The summed E-state index contributed by atoms with van der Waals surface area (Å²) in [4.78, 5) is 12.0. The van der Waals surface area contributed by atoms with E-state index in [1.807, 2.05) is 33.8 Å². The summed E-state index contributed by atoms with van der Waals surface area (Å²) in [6.07, 6.45) is 1.51. The fourth-order valence-corrected chi connectivity index (χ4v) is 2.04. The lowest BCUT2D eigenvalue weighted by atomic mass is 9.93. The van der Waals surface area contributed by atoms with Crippen LogP contribution in [0, 0.1) is 20.8 Å². The molecule has 0 aliphatic carbocycles. The highest BCUT2D eigenvalue weighted by molar-refractivity contribution is 5.99. The van der Waals surface area contributed by atoms with Crippen molar-refractivity contribution in [2.45, 2.75) is 40.5 Å². The quantitative estimate of drug-likeness (QED) is 0.725. The summed E-state index contributed by atoms with van der Waals surface area (Å²) in [6.45, 7) is 7.99. The Morgan fingerprint density at radius 3 is 2.38 bits per heavy atom. The summed E-state index contributed by atoms with van der Waals surface area (Å²) < 4.78 is 5.29. The maximum atomic E-state index is 12.0. The maximum Gasteiger partial charge on any atom is 0.163 e. The summed E-state index contributed by atoms with van der Waals surface area (Å²) in [6, 6.07) is 1.95. The van der Waals surface area contributed by atoms with Crippen molar-refractivity contribution in [2.75, 3.05) is 7.11 Å². The van der Waals surface area contributed by atoms with Crippen LogP contribution in [0.25, 0.3) is 0 Å². The second-order valence-corrected chi connectivity index (χ2v) is 4.19. The molecule has 88 valence electrons. The van der Waals surface area contributed by atoms with E-state index in [0.29, 0.717) is 6.42 Å². The van der Waals surface area contributed by atoms with E-state index >= 15 is 0 Å². The molecular weight excluding hydrogens is 200 g/mol. The highest BCUT2D eigenvalue weighted by atomic mass is 16.5. The van der Waals surface area contributed by atoms with Gasteiger partial charge in [0.15, 0.2) is 5.78 Å². The first-order chi connectivity index (χ1) is 7.52. The van der Waals surface area contributed by atoms with E-state index in [2.05, 4.69) is 0 Å². The summed E-state index contributed by atoms with van der Waals surface area (Å²) in [7, 11) is 1.66. The number of Topliss-reactive ketones (excluding diaryl/α,β-unsaturated/α-hetero) is 1. The Labute approximate surface area is 97.6 Å². The molecule has 0 heterocycles. The van der Waals surface area contributed by atoms with Crippen molar-refractivity contribution < 1.29 is 9.53 Å². The third-order valence-corrected chi connectivity index (χ3v) is 3.02. The van der Waals surface area contributed by atoms with Crippen LogP contribution in [0.15, 0.2) is 6.07 Å². The summed E-state index contributed by atoms with van der Waals surface area (Å²) >= 11 is 0. The van der Waals surface area contributed by atoms with Crippen LogP contribution < -0.4 is 4.74 Å². The fourth-order valence-electron chi connectivity index (χ4n) is 2.04. The van der Waals surface area contributed by atoms with Gasteiger partial charge in [-0.2, -0.15) is 0 Å². The molecule has 0 N–H and O–H groups in total. The number of ketones is 1. The molecular formula is C14H20O2. The minimum absolute atomic E-state index is 0.239. The van der Waals surface area contributed by atoms with Crippen LogP contribution in [0.3, 0.4) is 0 Å². The van der Waals surface area contributed by atoms with Gasteiger partial charge >= 0.3 is 0 Å². The number of ether oxygens (including phenoxy) is 1. The van der Waals surface area contributed by atoms with Crippen LogP contribution in [0.5, 0.6) is 5.75 Å². The van der Waals surface area contributed by atoms with Crippen molar-refractivity contribution in [3.63, 3.8) is 0 Å². The van der Waals surface area contributed by atoms with Gasteiger partial charge in [0, 0.05) is 12.0 Å². The number of hydrogen-bond donors (Lipinski definition) is 0. The van der Waals surface area contributed by atoms with Gasteiger partial charge in [-0.25, -0.2) is 0 Å². The first kappa shape index (κ1) is 12.8. The lowest BCUT2D eigenvalue weighted by molar-refractivity contribution is 0.0980. The van der Waals surface area contributed by atoms with Crippen molar-refractivity contribution in [3.8, 4) is 5.75 Å². The van der Waals surface area contributed by atoms with Crippen molar-refractivity contribution in [2.24, 2.45) is 0 Å². The molecule has 0 aromatic heterocycles. The lowest BCUT2D eigenvalue weighted by Crippen LogP contribution is -2.06. The van der Waals surface area contributed by atoms with E-state index in [0.717, 1.165) is 34.4 Å². The summed E-state index contributed by atoms with van der Waals surface area (Å²) in [5, 5.41) is 0. The Hall–Kier alpha value is -1.31. The molecule has 0 bridgehead atoms. The molecule has 1 rings (SSSR count). The molecule has 1 aromatic rings. The normalized spacial score (nSPS) is 10.3. The van der Waals surface area contributed by atoms with Gasteiger partial charge in [-0.15, -0.1) is 0 Å². The van der Waals surface area contributed by atoms with Crippen LogP contribution in [-0.4, -0.2) is 12.9 Å². The zero-order chi connectivity index (χ0) is 12.3. The number of benzene rings is 1. The molecule has 16 heavy (non-hydrogen) atoms. The smallest absolute Gasteiger partial charge is 0.163 e. The molecule has 0 fully saturated rings. The van der Waals surface area contributed by atoms with Crippen LogP contribution in [0.2, 0.25) is 0 Å². The molecule has 2 nitrogen and oxygen atoms in total. The van der Waals surface area contributed by atoms with Crippen LogP contribution in [0.1, 0.15) is 46.8 Å². The largest absolute Gasteiger partial charge is 0.496 e. The van der Waals surface area contributed by atoms with Gasteiger partial charge in [-0.1, -0.05) is 6.92 Å². The predicted molar refractivity (Wildman–Crippen MR) is 66.4 cm³/mol. The van der Waals surface area contributed by atoms with Crippen LogP contribution >= 0.6 is 0 Å². The van der Waals surface area contributed by atoms with E-state index in [4.69, 9.17) is 4.74 Å². The summed E-state index contributed by atoms with van der Waals surface area (Å²) in [5.41, 5.74) is 4.00. The number of carbonyl (C=O) groups excluding carboxylic acids is 1. The van der Waals surface area contributed by atoms with Crippen molar-refractivity contribution in [1.82, 2.24) is 0 Å². The van der Waals surface area contributed by atoms with E-state index in [-0.39, 0.29) is 5.78 Å². The van der Waals surface area contributed by atoms with Gasteiger partial charge in [0.2, 0.25) is 0 Å². The van der Waals surface area contributed by atoms with Gasteiger partial charge in [0.25, 0.3) is 0 Å². The Kier molecular flexibility index (Phi) is 4.11. The predicted octanol–water partition coefficient (Wildman–Crippen LogP) is 3.60. The average Bonchev–Trinajstić information content (AvgIpc) is 2.24. The number of carbonyl (C=O) groups is 1. The second-order valence-electron chi connectivity index (χ2n) is 4.19. The van der Waals surface area contributed by atoms with Crippen molar-refractivity contribution in [1.29, 1.82) is 0 Å². The summed E-state index contributed by atoms with van der Waals surface area (Å²) in [5.74, 6) is 1.10. The molecule has 0 spiro atoms. The molecule has 0 saturated carbocycles. The molecule has 0 saturated heterocycles. The lowest BCUT2D eigenvalue weighted by Gasteiger charge is -2.14. The SMILES string of the molecule is CCCC(=O)c1c(C)cc(OC)c(C)c1C. The Bertz CT molecular complexity index is 406. The third-order valence-electron chi connectivity index (χ3n) is 3.02. The second kappa shape index (κ2) is 5.15. The third kappa shape index (κ3) is 2.26. The maximum absolute atomic E-state index is 12.0. The molecule has 0 amide bonds. The van der Waals surface area contributed by atoms with Gasteiger partial charge in [0.05, 0.1) is 7.11 Å². The number of hydrogen-bond acceptors (Lipinski definition) is 2. The van der Waals surface area contributed by atoms with Crippen LogP contribution in [0.4, 0.5) is 0 Å². The van der Waals surface area contributed by atoms with Crippen molar-refractivity contribution in [3.05, 3.63) is 28.3 Å². The molecule has 0 aliphatic heterocycles. The molecule has 0 atom stereocenters. The van der Waals surface area contributed by atoms with Gasteiger partial charge < -0.3 is 4.74 Å². The Morgan fingerprint density at radius 2 is 1.88 bits per heavy atom. The molecule has 2 heteroatoms. The standard InChI is InChI=1S/C14H20O2/c1-6-7-12(15)14-9(2)8-13(16-5)10(3)11(14)4/h8H,6-7H2,1-5H3. The monoisotopic (exact) mass is 220 g/mol. The average molecular weight is 220 g/mol. The number of methoxy groups -OCH3 is 1. The molecule has 0 unspecified atom stereocenters. The van der Waals surface area contributed by atoms with Gasteiger partial charge in [0.1, 0.15) is 5.75 Å². The van der Waals surface area contributed by atoms with Crippen molar-refractivity contribution >= 4 is 5.78 Å². The zero-order valence-electron chi connectivity index (χ0n) is 10.8. The van der Waals surface area contributed by atoms with Gasteiger partial charge in [-0.05, 0) is 49.9 Å². The first-order valence-corrected chi connectivity index (χ1v) is 5.70. The fraction of sp³-hybridized carbons (Fsp3) is 0.500. The minimum Gasteiger partial charge on any atom is -0.496 e. The van der Waals surface area contributed by atoms with E-state index < -0.39 is 0 Å². The first-order valence-electron chi connectivity index (χ1n) is 5.70. The highest BCUT2D eigenvalue weighted by Crippen LogP contribution is 2.28. The number of aryl methyl sites for hydroxylation is 1. The molecule has 1 aromatic carbocycles. The zero-order valence-corrected chi connectivity index (χ0v) is 10.8. The van der Waals surface area contributed by atoms with E-state index in [1.165, 1.54) is 0 Å². The topological polar surface area (TPSA) is 26.3 Å². The molecule has 0 radical (unpaired) electrons. The van der Waals surface area contributed by atoms with Crippen LogP contribution in [-0.2, 0) is 0 Å². The highest BCUT2D eigenvalue weighted by Gasteiger charge is 2.15. The Balaban J connectivity index is 3.30. The van der Waals surface area contributed by atoms with E-state index in [9.17, 15) is 4.79 Å². The van der Waals surface area contributed by atoms with E-state index in [1.54, 1.807) is 7.11 Å². The minimum atomic E-state index is 0.239. The molecule has 0 aliphatic rings. The van der Waals surface area contributed by atoms with Gasteiger partial charge in [-0.3, -0.25) is 4.79 Å².